The van der Waals surface area contributed by atoms with Gasteiger partial charge in [0.15, 0.2) is 5.78 Å². The second-order valence-electron chi connectivity index (χ2n) is 4.51. The predicted molar refractivity (Wildman–Crippen MR) is 85.9 cm³/mol. The van der Waals surface area contributed by atoms with Gasteiger partial charge in [-0.1, -0.05) is 24.3 Å². The number of benzene rings is 1. The molecule has 20 heavy (non-hydrogen) atoms. The van der Waals surface area contributed by atoms with Crippen molar-refractivity contribution in [3.63, 3.8) is 0 Å². The van der Waals surface area contributed by atoms with Crippen molar-refractivity contribution in [1.29, 1.82) is 0 Å². The second kappa shape index (κ2) is 6.29. The molecular formula is C16H14O2S2. The maximum Gasteiger partial charge on any atom is 0.195 e. The lowest BCUT2D eigenvalue weighted by atomic mass is 10.2. The van der Waals surface area contributed by atoms with Crippen LogP contribution in [-0.2, 0) is 0 Å². The summed E-state index contributed by atoms with van der Waals surface area (Å²) in [6, 6.07) is 11.5. The number of ether oxygens (including phenoxy) is 1. The fraction of sp³-hybridized carbons (Fsp3) is 0.188. The van der Waals surface area contributed by atoms with Crippen molar-refractivity contribution >= 4 is 35.0 Å². The van der Waals surface area contributed by atoms with Crippen molar-refractivity contribution in [1.82, 2.24) is 0 Å². The number of carbonyl (C=O) groups is 1. The predicted octanol–water partition coefficient (Wildman–Crippen LogP) is 4.14. The Hall–Kier alpha value is -1.52. The van der Waals surface area contributed by atoms with Crippen LogP contribution in [0, 0.1) is 0 Å². The van der Waals surface area contributed by atoms with Gasteiger partial charge < -0.3 is 4.74 Å². The average molecular weight is 302 g/mol. The number of ketones is 1. The molecule has 102 valence electrons. The highest BCUT2D eigenvalue weighted by molar-refractivity contribution is 8.06. The summed E-state index contributed by atoms with van der Waals surface area (Å²) in [7, 11) is 0. The zero-order valence-corrected chi connectivity index (χ0v) is 12.5. The number of thiophene rings is 1. The Morgan fingerprint density at radius 1 is 1.30 bits per heavy atom. The lowest BCUT2D eigenvalue weighted by molar-refractivity contribution is 0.105. The van der Waals surface area contributed by atoms with Crippen molar-refractivity contribution in [3.05, 3.63) is 58.3 Å². The summed E-state index contributed by atoms with van der Waals surface area (Å²) in [5, 5.41) is 2.59. The minimum Gasteiger partial charge on any atom is -0.492 e. The molecule has 0 saturated carbocycles. The summed E-state index contributed by atoms with van der Waals surface area (Å²) in [5.74, 6) is 2.15. The lowest BCUT2D eigenvalue weighted by Crippen LogP contribution is -2.02. The maximum atomic E-state index is 11.8. The van der Waals surface area contributed by atoms with Gasteiger partial charge in [-0.3, -0.25) is 4.79 Å². The fourth-order valence-corrected chi connectivity index (χ4v) is 2.74. The normalized spacial score (nSPS) is 17.3. The molecule has 1 atom stereocenters. The lowest BCUT2D eigenvalue weighted by Gasteiger charge is -2.04. The van der Waals surface area contributed by atoms with E-state index in [1.165, 1.54) is 17.1 Å². The second-order valence-corrected chi connectivity index (χ2v) is 6.79. The van der Waals surface area contributed by atoms with Gasteiger partial charge in [-0.05, 0) is 35.2 Å². The van der Waals surface area contributed by atoms with Crippen molar-refractivity contribution in [2.45, 2.75) is 5.25 Å². The third-order valence-electron chi connectivity index (χ3n) is 2.91. The molecule has 0 amide bonds. The number of rotatable bonds is 6. The maximum absolute atomic E-state index is 11.8. The zero-order chi connectivity index (χ0) is 13.8. The van der Waals surface area contributed by atoms with E-state index in [2.05, 4.69) is 0 Å². The summed E-state index contributed by atoms with van der Waals surface area (Å²) < 4.78 is 5.66. The molecule has 0 spiro atoms. The van der Waals surface area contributed by atoms with Crippen LogP contribution in [0.5, 0.6) is 5.75 Å². The van der Waals surface area contributed by atoms with E-state index in [0.717, 1.165) is 22.8 Å². The van der Waals surface area contributed by atoms with Crippen molar-refractivity contribution in [2.24, 2.45) is 0 Å². The molecule has 2 nitrogen and oxygen atoms in total. The third-order valence-corrected chi connectivity index (χ3v) is 4.73. The van der Waals surface area contributed by atoms with E-state index >= 15 is 0 Å². The Balaban J connectivity index is 1.58. The van der Waals surface area contributed by atoms with E-state index in [9.17, 15) is 4.79 Å². The number of thioether (sulfide) groups is 1. The largest absolute Gasteiger partial charge is 0.492 e. The number of carbonyl (C=O) groups excluding carboxylic acids is 1. The highest BCUT2D eigenvalue weighted by Gasteiger charge is 2.22. The number of hydrogen-bond donors (Lipinski definition) is 0. The topological polar surface area (TPSA) is 26.3 Å². The molecule has 2 aromatic rings. The number of allylic oxidation sites excluding steroid dienone is 1. The molecule has 1 aromatic carbocycles. The van der Waals surface area contributed by atoms with Gasteiger partial charge in [0, 0.05) is 11.0 Å². The van der Waals surface area contributed by atoms with E-state index in [4.69, 9.17) is 4.74 Å². The molecule has 0 radical (unpaired) electrons. The molecule has 1 fully saturated rings. The first-order chi connectivity index (χ1) is 9.81. The molecule has 1 unspecified atom stereocenters. The summed E-state index contributed by atoms with van der Waals surface area (Å²) >= 11 is 3.39. The van der Waals surface area contributed by atoms with Crippen molar-refractivity contribution in [2.75, 3.05) is 12.4 Å². The SMILES string of the molecule is O=C(/C=C/c1ccc(OCC2CS2)cc1)c1cccs1. The minimum absolute atomic E-state index is 0.0473. The molecule has 2 heterocycles. The van der Waals surface area contributed by atoms with Crippen LogP contribution < -0.4 is 4.74 Å². The van der Waals surface area contributed by atoms with Gasteiger partial charge in [0.05, 0.1) is 4.88 Å². The molecule has 1 aromatic heterocycles. The minimum atomic E-state index is 0.0473. The first-order valence-corrected chi connectivity index (χ1v) is 8.34. The quantitative estimate of drug-likeness (QED) is 0.456. The molecule has 1 aliphatic heterocycles. The van der Waals surface area contributed by atoms with E-state index in [1.807, 2.05) is 59.6 Å². The van der Waals surface area contributed by atoms with Gasteiger partial charge in [-0.2, -0.15) is 11.8 Å². The highest BCUT2D eigenvalue weighted by Crippen LogP contribution is 2.30. The van der Waals surface area contributed by atoms with Gasteiger partial charge in [0.1, 0.15) is 12.4 Å². The summed E-state index contributed by atoms with van der Waals surface area (Å²) in [6.45, 7) is 0.788. The molecule has 1 saturated heterocycles. The van der Waals surface area contributed by atoms with Crippen LogP contribution >= 0.6 is 23.1 Å². The van der Waals surface area contributed by atoms with E-state index < -0.39 is 0 Å². The Morgan fingerprint density at radius 2 is 2.10 bits per heavy atom. The van der Waals surface area contributed by atoms with E-state index in [1.54, 1.807) is 6.08 Å². The molecule has 0 bridgehead atoms. The summed E-state index contributed by atoms with van der Waals surface area (Å²) in [6.07, 6.45) is 3.45. The van der Waals surface area contributed by atoms with Gasteiger partial charge >= 0.3 is 0 Å². The van der Waals surface area contributed by atoms with Gasteiger partial charge in [-0.15, -0.1) is 11.3 Å². The first kappa shape index (κ1) is 13.5. The van der Waals surface area contributed by atoms with E-state index in [0.29, 0.717) is 5.25 Å². The van der Waals surface area contributed by atoms with Crippen LogP contribution in [0.4, 0.5) is 0 Å². The Morgan fingerprint density at radius 3 is 2.75 bits per heavy atom. The van der Waals surface area contributed by atoms with Crippen molar-refractivity contribution in [3.8, 4) is 5.75 Å². The molecule has 0 aliphatic carbocycles. The van der Waals surface area contributed by atoms with Crippen LogP contribution in [0.3, 0.4) is 0 Å². The van der Waals surface area contributed by atoms with Crippen LogP contribution in [0.1, 0.15) is 15.2 Å². The van der Waals surface area contributed by atoms with Gasteiger partial charge in [0.2, 0.25) is 0 Å². The molecule has 0 N–H and O–H groups in total. The molecule has 4 heteroatoms. The van der Waals surface area contributed by atoms with E-state index in [-0.39, 0.29) is 5.78 Å². The fourth-order valence-electron chi connectivity index (χ4n) is 1.70. The number of hydrogen-bond acceptors (Lipinski definition) is 4. The Labute approximate surface area is 126 Å². The monoisotopic (exact) mass is 302 g/mol. The van der Waals surface area contributed by atoms with Gasteiger partial charge in [-0.25, -0.2) is 0 Å². The van der Waals surface area contributed by atoms with Crippen molar-refractivity contribution < 1.29 is 9.53 Å². The highest BCUT2D eigenvalue weighted by atomic mass is 32.2. The standard InChI is InChI=1S/C16H14O2S2/c17-15(16-2-1-9-19-16)8-5-12-3-6-13(7-4-12)18-10-14-11-20-14/h1-9,14H,10-11H2/b8-5+. The summed E-state index contributed by atoms with van der Waals surface area (Å²) in [5.41, 5.74) is 1.00. The third kappa shape index (κ3) is 3.74. The summed E-state index contributed by atoms with van der Waals surface area (Å²) in [4.78, 5) is 12.6. The van der Waals surface area contributed by atoms with Crippen LogP contribution in [0.15, 0.2) is 47.9 Å². The van der Waals surface area contributed by atoms with Crippen LogP contribution in [0.2, 0.25) is 0 Å². The Bertz CT molecular complexity index is 596. The van der Waals surface area contributed by atoms with Crippen LogP contribution in [0.25, 0.3) is 6.08 Å². The van der Waals surface area contributed by atoms with Crippen LogP contribution in [-0.4, -0.2) is 23.4 Å². The molecular weight excluding hydrogens is 288 g/mol. The van der Waals surface area contributed by atoms with Gasteiger partial charge in [0.25, 0.3) is 0 Å². The zero-order valence-electron chi connectivity index (χ0n) is 10.8. The average Bonchev–Trinajstić information content (AvgIpc) is 3.15. The molecule has 1 aliphatic rings. The molecule has 3 rings (SSSR count). The Kier molecular flexibility index (Phi) is 4.23. The first-order valence-electron chi connectivity index (χ1n) is 6.42. The smallest absolute Gasteiger partial charge is 0.195 e.